The molecule has 0 bridgehead atoms. The van der Waals surface area contributed by atoms with E-state index in [0.717, 1.165) is 44.2 Å². The first-order valence-corrected chi connectivity index (χ1v) is 7.37. The van der Waals surface area contributed by atoms with Crippen LogP contribution in [0.2, 0.25) is 0 Å². The fourth-order valence-electron chi connectivity index (χ4n) is 2.32. The van der Waals surface area contributed by atoms with Crippen LogP contribution in [0, 0.1) is 5.92 Å². The Morgan fingerprint density at radius 2 is 2.10 bits per heavy atom. The summed E-state index contributed by atoms with van der Waals surface area (Å²) in [5, 5.41) is 3.54. The van der Waals surface area contributed by atoms with Crippen LogP contribution in [-0.4, -0.2) is 51.4 Å². The van der Waals surface area contributed by atoms with Gasteiger partial charge in [-0.05, 0) is 51.7 Å². The summed E-state index contributed by atoms with van der Waals surface area (Å²) in [6.45, 7) is 5.64. The van der Waals surface area contributed by atoms with Gasteiger partial charge >= 0.3 is 0 Å². The van der Waals surface area contributed by atoms with Crippen LogP contribution in [0.5, 0.6) is 5.75 Å². The van der Waals surface area contributed by atoms with Gasteiger partial charge in [0.2, 0.25) is 0 Å². The van der Waals surface area contributed by atoms with Gasteiger partial charge in [-0.1, -0.05) is 0 Å². The quantitative estimate of drug-likeness (QED) is 0.831. The number of nitrogens with zero attached hydrogens (tertiary/aromatic N) is 1. The highest BCUT2D eigenvalue weighted by Crippen LogP contribution is 2.22. The lowest BCUT2D eigenvalue weighted by atomic mass is 10.0. The van der Waals surface area contributed by atoms with Crippen LogP contribution in [-0.2, 0) is 4.74 Å². The van der Waals surface area contributed by atoms with E-state index in [2.05, 4.69) is 29.3 Å². The van der Waals surface area contributed by atoms with Gasteiger partial charge in [0.05, 0.1) is 6.61 Å². The minimum atomic E-state index is 0.443. The number of hydrogen-bond acceptors (Lipinski definition) is 4. The zero-order valence-corrected chi connectivity index (χ0v) is 12.8. The largest absolute Gasteiger partial charge is 0.492 e. The summed E-state index contributed by atoms with van der Waals surface area (Å²) in [5.74, 6) is 1.54. The minimum Gasteiger partial charge on any atom is -0.492 e. The van der Waals surface area contributed by atoms with E-state index < -0.39 is 0 Å². The number of rotatable bonds is 7. The second-order valence-corrected chi connectivity index (χ2v) is 5.73. The minimum absolute atomic E-state index is 0.443. The third kappa shape index (κ3) is 4.69. The van der Waals surface area contributed by atoms with E-state index in [-0.39, 0.29) is 0 Å². The molecular weight excluding hydrogens is 252 g/mol. The molecule has 1 aromatic carbocycles. The third-order valence-corrected chi connectivity index (χ3v) is 3.73. The Balaban J connectivity index is 1.78. The molecule has 2 atom stereocenters. The number of benzene rings is 1. The van der Waals surface area contributed by atoms with E-state index in [1.54, 1.807) is 0 Å². The maximum Gasteiger partial charge on any atom is 0.119 e. The van der Waals surface area contributed by atoms with Gasteiger partial charge in [-0.2, -0.15) is 0 Å². The van der Waals surface area contributed by atoms with E-state index in [9.17, 15) is 0 Å². The number of anilines is 1. The first-order valence-electron chi connectivity index (χ1n) is 7.37. The van der Waals surface area contributed by atoms with Gasteiger partial charge < -0.3 is 19.7 Å². The predicted molar refractivity (Wildman–Crippen MR) is 82.5 cm³/mol. The summed E-state index contributed by atoms with van der Waals surface area (Å²) in [6, 6.07) is 8.65. The van der Waals surface area contributed by atoms with Crippen molar-refractivity contribution in [1.29, 1.82) is 0 Å². The Kier molecular flexibility index (Phi) is 5.68. The van der Waals surface area contributed by atoms with Crippen molar-refractivity contribution in [2.24, 2.45) is 5.92 Å². The fraction of sp³-hybridized carbons (Fsp3) is 0.625. The van der Waals surface area contributed by atoms with Gasteiger partial charge in [-0.15, -0.1) is 0 Å². The maximum absolute atomic E-state index is 5.69. The fourth-order valence-corrected chi connectivity index (χ4v) is 2.32. The molecule has 4 nitrogen and oxygen atoms in total. The molecule has 1 fully saturated rings. The Hall–Kier alpha value is -1.26. The van der Waals surface area contributed by atoms with Crippen LogP contribution < -0.4 is 10.1 Å². The molecule has 0 amide bonds. The lowest BCUT2D eigenvalue weighted by Crippen LogP contribution is -2.26. The monoisotopic (exact) mass is 278 g/mol. The van der Waals surface area contributed by atoms with Crippen molar-refractivity contribution in [2.45, 2.75) is 19.4 Å². The molecule has 2 rings (SSSR count). The molecular formula is C16H26N2O2. The summed E-state index contributed by atoms with van der Waals surface area (Å²) in [5.41, 5.74) is 1.14. The highest BCUT2D eigenvalue weighted by Gasteiger charge is 2.21. The molecule has 0 radical (unpaired) electrons. The zero-order valence-electron chi connectivity index (χ0n) is 12.8. The van der Waals surface area contributed by atoms with Crippen molar-refractivity contribution >= 4 is 5.69 Å². The lowest BCUT2D eigenvalue weighted by Gasteiger charge is -2.20. The summed E-state index contributed by atoms with van der Waals surface area (Å²) in [7, 11) is 4.09. The van der Waals surface area contributed by atoms with E-state index >= 15 is 0 Å². The first kappa shape index (κ1) is 15.1. The Morgan fingerprint density at radius 1 is 1.35 bits per heavy atom. The predicted octanol–water partition coefficient (Wildman–Crippen LogP) is 2.46. The van der Waals surface area contributed by atoms with Gasteiger partial charge in [-0.3, -0.25) is 0 Å². The van der Waals surface area contributed by atoms with Gasteiger partial charge in [0, 0.05) is 30.8 Å². The molecule has 0 spiro atoms. The molecule has 1 aliphatic heterocycles. The summed E-state index contributed by atoms with van der Waals surface area (Å²) in [6.07, 6.45) is 1.15. The average molecular weight is 278 g/mol. The Labute approximate surface area is 122 Å². The number of likely N-dealkylation sites (N-methyl/N-ethyl adjacent to an activating group) is 1. The molecule has 1 N–H and O–H groups in total. The molecule has 4 heteroatoms. The van der Waals surface area contributed by atoms with Crippen molar-refractivity contribution in [2.75, 3.05) is 45.8 Å². The number of hydrogen-bond donors (Lipinski definition) is 1. The number of nitrogens with one attached hydrogen (secondary N) is 1. The molecule has 1 saturated heterocycles. The van der Waals surface area contributed by atoms with Crippen LogP contribution in [0.25, 0.3) is 0 Å². The molecule has 1 heterocycles. The smallest absolute Gasteiger partial charge is 0.119 e. The van der Waals surface area contributed by atoms with E-state index in [4.69, 9.17) is 9.47 Å². The van der Waals surface area contributed by atoms with Crippen LogP contribution in [0.15, 0.2) is 24.3 Å². The Bertz CT molecular complexity index is 386. The van der Waals surface area contributed by atoms with Crippen LogP contribution in [0.1, 0.15) is 13.3 Å². The highest BCUT2D eigenvalue weighted by molar-refractivity contribution is 5.47. The molecule has 112 valence electrons. The molecule has 1 aromatic rings. The van der Waals surface area contributed by atoms with Crippen LogP contribution in [0.3, 0.4) is 0 Å². The van der Waals surface area contributed by atoms with Gasteiger partial charge in [0.25, 0.3) is 0 Å². The van der Waals surface area contributed by atoms with Gasteiger partial charge in [0.1, 0.15) is 12.4 Å². The van der Waals surface area contributed by atoms with Crippen LogP contribution >= 0.6 is 0 Å². The second kappa shape index (κ2) is 7.50. The SMILES string of the molecule is CC(Nc1ccc(OCCN(C)C)cc1)C1CCOC1. The molecule has 0 aliphatic carbocycles. The average Bonchev–Trinajstić information content (AvgIpc) is 2.94. The summed E-state index contributed by atoms with van der Waals surface area (Å²) in [4.78, 5) is 2.11. The lowest BCUT2D eigenvalue weighted by molar-refractivity contribution is 0.183. The standard InChI is InChI=1S/C16H26N2O2/c1-13(14-8-10-19-12-14)17-15-4-6-16(7-5-15)20-11-9-18(2)3/h4-7,13-14,17H,8-12H2,1-3H3. The van der Waals surface area contributed by atoms with E-state index in [0.29, 0.717) is 12.0 Å². The maximum atomic E-state index is 5.69. The molecule has 0 saturated carbocycles. The topological polar surface area (TPSA) is 33.7 Å². The van der Waals surface area contributed by atoms with Crippen molar-refractivity contribution in [3.63, 3.8) is 0 Å². The van der Waals surface area contributed by atoms with Crippen molar-refractivity contribution in [3.05, 3.63) is 24.3 Å². The molecule has 1 aliphatic rings. The number of ether oxygens (including phenoxy) is 2. The van der Waals surface area contributed by atoms with E-state index in [1.165, 1.54) is 0 Å². The Morgan fingerprint density at radius 3 is 2.70 bits per heavy atom. The molecule has 2 unspecified atom stereocenters. The van der Waals surface area contributed by atoms with E-state index in [1.807, 2.05) is 26.2 Å². The zero-order chi connectivity index (χ0) is 14.4. The first-order chi connectivity index (χ1) is 9.65. The van der Waals surface area contributed by atoms with Gasteiger partial charge in [-0.25, -0.2) is 0 Å². The van der Waals surface area contributed by atoms with Crippen molar-refractivity contribution in [3.8, 4) is 5.75 Å². The van der Waals surface area contributed by atoms with Crippen LogP contribution in [0.4, 0.5) is 5.69 Å². The third-order valence-electron chi connectivity index (χ3n) is 3.73. The summed E-state index contributed by atoms with van der Waals surface area (Å²) >= 11 is 0. The second-order valence-electron chi connectivity index (χ2n) is 5.73. The highest BCUT2D eigenvalue weighted by atomic mass is 16.5. The van der Waals surface area contributed by atoms with Gasteiger partial charge in [0.15, 0.2) is 0 Å². The molecule has 20 heavy (non-hydrogen) atoms. The summed E-state index contributed by atoms with van der Waals surface area (Å²) < 4.78 is 11.1. The molecule has 0 aromatic heterocycles. The normalized spacial score (nSPS) is 20.1. The van der Waals surface area contributed by atoms with Crippen molar-refractivity contribution in [1.82, 2.24) is 4.90 Å². The van der Waals surface area contributed by atoms with Crippen molar-refractivity contribution < 1.29 is 9.47 Å².